The van der Waals surface area contributed by atoms with E-state index in [0.717, 1.165) is 69.5 Å². The normalized spacial score (nSPS) is 15.1. The molecule has 2 heterocycles. The van der Waals surface area contributed by atoms with Gasteiger partial charge in [0.25, 0.3) is 0 Å². The van der Waals surface area contributed by atoms with Gasteiger partial charge in [-0.3, -0.25) is 9.78 Å². The van der Waals surface area contributed by atoms with Gasteiger partial charge in [-0.1, -0.05) is 48.0 Å². The summed E-state index contributed by atoms with van der Waals surface area (Å²) >= 11 is 0. The number of benzene rings is 2. The van der Waals surface area contributed by atoms with E-state index >= 15 is 0 Å². The first-order chi connectivity index (χ1) is 18.6. The van der Waals surface area contributed by atoms with Gasteiger partial charge in [0.15, 0.2) is 0 Å². The van der Waals surface area contributed by atoms with Gasteiger partial charge in [-0.15, -0.1) is 37.2 Å². The van der Waals surface area contributed by atoms with E-state index in [-0.39, 0.29) is 37.2 Å². The van der Waals surface area contributed by atoms with Gasteiger partial charge >= 0.3 is 5.97 Å². The molecule has 0 bridgehead atoms. The van der Waals surface area contributed by atoms with Gasteiger partial charge in [0.1, 0.15) is 11.8 Å². The van der Waals surface area contributed by atoms with Crippen LogP contribution in [0, 0.1) is 0 Å². The number of fused-ring (bicyclic) bond motifs is 2. The SMILES string of the molecule is Cl.Cl.Cl.N[C@@H](Cc1ccc(OCCCCN2CCC(=C3c4ccccc4CCc4cccnc43)CC2)cc1)C(=O)O. The lowest BCUT2D eigenvalue weighted by molar-refractivity contribution is -0.138. The molecule has 3 aromatic rings. The maximum atomic E-state index is 10.9. The summed E-state index contributed by atoms with van der Waals surface area (Å²) in [6.07, 6.45) is 8.66. The minimum absolute atomic E-state index is 0. The molecule has 2 aromatic carbocycles. The predicted octanol–water partition coefficient (Wildman–Crippen LogP) is 6.16. The van der Waals surface area contributed by atoms with E-state index in [1.165, 1.54) is 28.0 Å². The highest BCUT2D eigenvalue weighted by molar-refractivity contribution is 5.86. The third-order valence-corrected chi connectivity index (χ3v) is 7.73. The molecular weight excluding hydrogens is 581 g/mol. The van der Waals surface area contributed by atoms with Crippen LogP contribution in [0.5, 0.6) is 5.75 Å². The molecule has 9 heteroatoms. The monoisotopic (exact) mass is 619 g/mol. The molecule has 1 fully saturated rings. The average molecular weight is 621 g/mol. The number of carboxylic acids is 1. The molecule has 1 aromatic heterocycles. The second-order valence-electron chi connectivity index (χ2n) is 10.3. The standard InChI is InChI=1S/C32H37N3O3.3ClH/c33-29(32(36)37)22-23-9-13-27(14-10-23)38-21-4-3-18-35-19-15-25(16-20-35)30-28-8-2-1-6-24(28)11-12-26-7-5-17-34-31(26)30;;;/h1-2,5-10,13-14,17,29H,3-4,11-12,15-16,18-22,33H2,(H,36,37);3*1H/t29-;;;/m0.../s1. The number of nitrogens with two attached hydrogens (primary N) is 1. The molecule has 6 nitrogen and oxygen atoms in total. The Hall–Kier alpha value is -2.61. The molecule has 5 rings (SSSR count). The van der Waals surface area contributed by atoms with Gasteiger partial charge in [-0.25, -0.2) is 0 Å². The fraction of sp³-hybridized carbons (Fsp3) is 0.375. The number of carboxylic acid groups (broad SMARTS) is 1. The second-order valence-corrected chi connectivity index (χ2v) is 10.3. The lowest BCUT2D eigenvalue weighted by Gasteiger charge is -2.30. The Kier molecular flexibility index (Phi) is 14.1. The molecule has 2 aliphatic rings. The predicted molar refractivity (Wildman–Crippen MR) is 172 cm³/mol. The Balaban J connectivity index is 0.00000196. The number of pyridine rings is 1. The van der Waals surface area contributed by atoms with Gasteiger partial charge in [0.05, 0.1) is 12.3 Å². The van der Waals surface area contributed by atoms with E-state index in [9.17, 15) is 4.79 Å². The van der Waals surface area contributed by atoms with Crippen molar-refractivity contribution >= 4 is 48.8 Å². The second kappa shape index (κ2) is 16.7. The number of piperidine rings is 1. The van der Waals surface area contributed by atoms with Crippen LogP contribution in [-0.4, -0.2) is 53.2 Å². The molecule has 0 radical (unpaired) electrons. The van der Waals surface area contributed by atoms with Crippen LogP contribution in [0.3, 0.4) is 0 Å². The Labute approximate surface area is 261 Å². The largest absolute Gasteiger partial charge is 0.494 e. The average Bonchev–Trinajstić information content (AvgIpc) is 3.11. The van der Waals surface area contributed by atoms with Crippen molar-refractivity contribution in [2.75, 3.05) is 26.2 Å². The van der Waals surface area contributed by atoms with Crippen molar-refractivity contribution in [2.24, 2.45) is 5.73 Å². The third-order valence-electron chi connectivity index (χ3n) is 7.73. The number of likely N-dealkylation sites (tertiary alicyclic amines) is 1. The Morgan fingerprint density at radius 1 is 0.902 bits per heavy atom. The van der Waals surface area contributed by atoms with E-state index in [1.807, 2.05) is 30.5 Å². The van der Waals surface area contributed by atoms with E-state index < -0.39 is 12.0 Å². The van der Waals surface area contributed by atoms with Crippen molar-refractivity contribution in [2.45, 2.75) is 51.0 Å². The van der Waals surface area contributed by atoms with Crippen LogP contribution in [0.2, 0.25) is 0 Å². The highest BCUT2D eigenvalue weighted by Gasteiger charge is 2.24. The summed E-state index contributed by atoms with van der Waals surface area (Å²) < 4.78 is 5.90. The van der Waals surface area contributed by atoms with E-state index in [2.05, 4.69) is 41.3 Å². The first-order valence-corrected chi connectivity index (χ1v) is 13.8. The van der Waals surface area contributed by atoms with E-state index in [1.54, 1.807) is 5.57 Å². The number of nitrogens with zero attached hydrogens (tertiary/aromatic N) is 2. The number of hydrogen-bond acceptors (Lipinski definition) is 5. The van der Waals surface area contributed by atoms with Crippen molar-refractivity contribution in [1.29, 1.82) is 0 Å². The maximum Gasteiger partial charge on any atom is 0.320 e. The van der Waals surface area contributed by atoms with Gasteiger partial charge in [0.2, 0.25) is 0 Å². The first-order valence-electron chi connectivity index (χ1n) is 13.8. The summed E-state index contributed by atoms with van der Waals surface area (Å²) in [4.78, 5) is 18.4. The molecular formula is C32H40Cl3N3O3. The first kappa shape index (κ1) is 34.6. The number of unbranched alkanes of at least 4 members (excludes halogenated alkanes) is 1. The van der Waals surface area contributed by atoms with Crippen LogP contribution < -0.4 is 10.5 Å². The van der Waals surface area contributed by atoms with E-state index in [4.69, 9.17) is 20.6 Å². The highest BCUT2D eigenvalue weighted by atomic mass is 35.5. The minimum atomic E-state index is -0.982. The molecule has 0 saturated carbocycles. The van der Waals surface area contributed by atoms with Crippen molar-refractivity contribution in [3.63, 3.8) is 0 Å². The van der Waals surface area contributed by atoms with Gasteiger partial charge in [0, 0.05) is 24.9 Å². The van der Waals surface area contributed by atoms with Crippen LogP contribution in [0.1, 0.15) is 53.6 Å². The number of aliphatic carboxylic acids is 1. The maximum absolute atomic E-state index is 10.9. The molecule has 0 spiro atoms. The van der Waals surface area contributed by atoms with Crippen LogP contribution in [0.15, 0.2) is 72.4 Å². The minimum Gasteiger partial charge on any atom is -0.494 e. The quantitative estimate of drug-likeness (QED) is 0.279. The molecule has 3 N–H and O–H groups in total. The summed E-state index contributed by atoms with van der Waals surface area (Å²) in [6, 6.07) is 19.9. The lowest BCUT2D eigenvalue weighted by atomic mass is 9.88. The zero-order chi connectivity index (χ0) is 26.3. The Morgan fingerprint density at radius 3 is 2.32 bits per heavy atom. The zero-order valence-electron chi connectivity index (χ0n) is 23.2. The number of ether oxygens (including phenoxy) is 1. The molecule has 0 amide bonds. The topological polar surface area (TPSA) is 88.7 Å². The lowest BCUT2D eigenvalue weighted by Crippen LogP contribution is -2.32. The van der Waals surface area contributed by atoms with Crippen LogP contribution >= 0.6 is 37.2 Å². The van der Waals surface area contributed by atoms with Crippen molar-refractivity contribution in [3.05, 3.63) is 100 Å². The number of halogens is 3. The molecule has 222 valence electrons. The fourth-order valence-electron chi connectivity index (χ4n) is 5.59. The van der Waals surface area contributed by atoms with Gasteiger partial charge < -0.3 is 20.5 Å². The molecule has 1 atom stereocenters. The summed E-state index contributed by atoms with van der Waals surface area (Å²) in [6.45, 7) is 3.94. The van der Waals surface area contributed by atoms with Crippen molar-refractivity contribution < 1.29 is 14.6 Å². The van der Waals surface area contributed by atoms with Crippen LogP contribution in [0.4, 0.5) is 0 Å². The number of aryl methyl sites for hydroxylation is 2. The molecule has 1 aliphatic heterocycles. The van der Waals surface area contributed by atoms with Crippen molar-refractivity contribution in [1.82, 2.24) is 9.88 Å². The number of carbonyl (C=O) groups is 1. The number of aromatic nitrogens is 1. The van der Waals surface area contributed by atoms with Crippen LogP contribution in [-0.2, 0) is 24.1 Å². The molecule has 1 saturated heterocycles. The number of rotatable bonds is 9. The Bertz CT molecular complexity index is 1240. The third kappa shape index (κ3) is 8.94. The summed E-state index contributed by atoms with van der Waals surface area (Å²) in [7, 11) is 0. The number of hydrogen-bond donors (Lipinski definition) is 2. The van der Waals surface area contributed by atoms with Gasteiger partial charge in [-0.05, 0) is 91.9 Å². The van der Waals surface area contributed by atoms with Crippen LogP contribution in [0.25, 0.3) is 5.57 Å². The molecule has 1 aliphatic carbocycles. The summed E-state index contributed by atoms with van der Waals surface area (Å²) in [5.41, 5.74) is 14.8. The molecule has 0 unspecified atom stereocenters. The fourth-order valence-corrected chi connectivity index (χ4v) is 5.59. The zero-order valence-corrected chi connectivity index (χ0v) is 25.6. The molecule has 41 heavy (non-hydrogen) atoms. The smallest absolute Gasteiger partial charge is 0.320 e. The Morgan fingerprint density at radius 2 is 1.59 bits per heavy atom. The van der Waals surface area contributed by atoms with E-state index in [0.29, 0.717) is 13.0 Å². The van der Waals surface area contributed by atoms with Gasteiger partial charge in [-0.2, -0.15) is 0 Å². The summed E-state index contributed by atoms with van der Waals surface area (Å²) in [5, 5.41) is 8.95. The van der Waals surface area contributed by atoms with Crippen molar-refractivity contribution in [3.8, 4) is 5.75 Å². The summed E-state index contributed by atoms with van der Waals surface area (Å²) in [5.74, 6) is -0.173. The highest BCUT2D eigenvalue weighted by Crippen LogP contribution is 2.37.